The zero-order valence-corrected chi connectivity index (χ0v) is 22.5. The van der Waals surface area contributed by atoms with Crippen molar-refractivity contribution < 1.29 is 32.2 Å². The molecule has 2 heterocycles. The summed E-state index contributed by atoms with van der Waals surface area (Å²) in [6.07, 6.45) is 2.25. The van der Waals surface area contributed by atoms with Gasteiger partial charge in [0.05, 0.1) is 11.4 Å². The molecule has 2 aromatic carbocycles. The van der Waals surface area contributed by atoms with E-state index in [0.29, 0.717) is 16.1 Å². The number of ether oxygens (including phenoxy) is 1. The second kappa shape index (κ2) is 11.9. The van der Waals surface area contributed by atoms with Crippen molar-refractivity contribution in [2.75, 3.05) is 11.3 Å². The van der Waals surface area contributed by atoms with Crippen LogP contribution in [0.4, 0.5) is 9.52 Å². The Kier molecular flexibility index (Phi) is 8.60. The minimum atomic E-state index is -4.36. The van der Waals surface area contributed by atoms with Gasteiger partial charge in [0, 0.05) is 40.9 Å². The molecule has 0 aliphatic rings. The molecule has 0 aliphatic carbocycles. The predicted octanol–water partition coefficient (Wildman–Crippen LogP) is 4.84. The largest absolute Gasteiger partial charge is 0.481 e. The Morgan fingerprint density at radius 1 is 1.08 bits per heavy atom. The highest BCUT2D eigenvalue weighted by Gasteiger charge is 2.24. The summed E-state index contributed by atoms with van der Waals surface area (Å²) in [7, 11) is -4.36. The number of nitrogens with one attached hydrogen (secondary N) is 2. The molecule has 4 rings (SSSR count). The summed E-state index contributed by atoms with van der Waals surface area (Å²) in [6.45, 7) is -0.0857. The van der Waals surface area contributed by atoms with Gasteiger partial charge in [-0.15, -0.1) is 0 Å². The van der Waals surface area contributed by atoms with Crippen molar-refractivity contribution in [2.24, 2.45) is 0 Å². The molecule has 0 fully saturated rings. The van der Waals surface area contributed by atoms with Crippen LogP contribution in [0, 0.1) is 5.82 Å². The summed E-state index contributed by atoms with van der Waals surface area (Å²) in [5.41, 5.74) is 0.837. The molecule has 1 amide bonds. The number of aliphatic carboxylic acids is 1. The first-order valence-corrected chi connectivity index (χ1v) is 13.8. The Bertz CT molecular complexity index is 1650. The Balaban J connectivity index is 1.63. The Hall–Kier alpha value is -3.85. The molecule has 0 saturated heterocycles. The molecule has 4 aromatic rings. The SMILES string of the molecule is O=C(O)CCNC(=O)c1cc(-c2cc(Cl)ccc2Oc2cc(F)c(S(=O)(=O)Nc3ncns3)cc2Cl)ccn1. The summed E-state index contributed by atoms with van der Waals surface area (Å²) in [4.78, 5) is 30.1. The fraction of sp³-hybridized carbons (Fsp3) is 0.0870. The van der Waals surface area contributed by atoms with Crippen molar-refractivity contribution in [3.05, 3.63) is 76.5 Å². The third-order valence-corrected chi connectivity index (χ3v) is 7.54. The predicted molar refractivity (Wildman–Crippen MR) is 141 cm³/mol. The van der Waals surface area contributed by atoms with Gasteiger partial charge in [0.15, 0.2) is 0 Å². The van der Waals surface area contributed by atoms with E-state index in [1.54, 1.807) is 6.07 Å². The smallest absolute Gasteiger partial charge is 0.305 e. The third-order valence-electron chi connectivity index (χ3n) is 4.95. The number of sulfonamides is 1. The van der Waals surface area contributed by atoms with Gasteiger partial charge in [-0.05, 0) is 42.0 Å². The molecule has 0 saturated carbocycles. The van der Waals surface area contributed by atoms with E-state index >= 15 is 0 Å². The van der Waals surface area contributed by atoms with E-state index in [2.05, 4.69) is 24.4 Å². The first-order valence-electron chi connectivity index (χ1n) is 10.8. The minimum absolute atomic E-state index is 0.00498. The third kappa shape index (κ3) is 6.97. The zero-order chi connectivity index (χ0) is 28.2. The number of anilines is 1. The number of pyridine rings is 1. The monoisotopic (exact) mass is 611 g/mol. The number of aromatic nitrogens is 3. The van der Waals surface area contributed by atoms with Gasteiger partial charge in [0.1, 0.15) is 34.2 Å². The van der Waals surface area contributed by atoms with Gasteiger partial charge < -0.3 is 15.2 Å². The van der Waals surface area contributed by atoms with Gasteiger partial charge in [0.2, 0.25) is 5.13 Å². The van der Waals surface area contributed by atoms with Crippen LogP contribution < -0.4 is 14.8 Å². The molecule has 0 spiro atoms. The van der Waals surface area contributed by atoms with Crippen LogP contribution in [0.5, 0.6) is 11.5 Å². The average Bonchev–Trinajstić information content (AvgIpc) is 3.39. The zero-order valence-electron chi connectivity index (χ0n) is 19.4. The lowest BCUT2D eigenvalue weighted by Crippen LogP contribution is -2.26. The lowest BCUT2D eigenvalue weighted by molar-refractivity contribution is -0.136. The molecule has 202 valence electrons. The molecule has 3 N–H and O–H groups in total. The van der Waals surface area contributed by atoms with E-state index in [1.807, 2.05) is 0 Å². The molecule has 0 atom stereocenters. The minimum Gasteiger partial charge on any atom is -0.481 e. The average molecular weight is 612 g/mol. The van der Waals surface area contributed by atoms with Crippen LogP contribution in [0.2, 0.25) is 10.0 Å². The number of carbonyl (C=O) groups excluding carboxylic acids is 1. The van der Waals surface area contributed by atoms with E-state index in [4.69, 9.17) is 33.0 Å². The number of benzene rings is 2. The normalized spacial score (nSPS) is 11.2. The van der Waals surface area contributed by atoms with E-state index in [0.717, 1.165) is 30.0 Å². The summed E-state index contributed by atoms with van der Waals surface area (Å²) in [5, 5.41) is 11.3. The maximum Gasteiger partial charge on any atom is 0.305 e. The van der Waals surface area contributed by atoms with Crippen LogP contribution in [0.25, 0.3) is 11.1 Å². The number of halogens is 3. The van der Waals surface area contributed by atoms with E-state index in [-0.39, 0.29) is 40.3 Å². The van der Waals surface area contributed by atoms with Gasteiger partial charge in [-0.3, -0.25) is 19.3 Å². The first-order chi connectivity index (χ1) is 18.5. The van der Waals surface area contributed by atoms with E-state index in [1.165, 1.54) is 30.5 Å². The second-order valence-corrected chi connectivity index (χ2v) is 10.9. The molecular formula is C23H16Cl2FN5O6S2. The number of hydrogen-bond donors (Lipinski definition) is 3. The number of carboxylic acids is 1. The summed E-state index contributed by atoms with van der Waals surface area (Å²) >= 11 is 13.2. The lowest BCUT2D eigenvalue weighted by Gasteiger charge is -2.15. The number of hydrogen-bond acceptors (Lipinski definition) is 9. The maximum atomic E-state index is 14.9. The van der Waals surface area contributed by atoms with Crippen LogP contribution in [-0.2, 0) is 14.8 Å². The molecule has 0 radical (unpaired) electrons. The van der Waals surface area contributed by atoms with Crippen LogP contribution >= 0.6 is 34.7 Å². The van der Waals surface area contributed by atoms with Crippen molar-refractivity contribution in [1.29, 1.82) is 0 Å². The highest BCUT2D eigenvalue weighted by Crippen LogP contribution is 2.39. The fourth-order valence-corrected chi connectivity index (χ4v) is 5.40. The summed E-state index contributed by atoms with van der Waals surface area (Å²) < 4.78 is 51.8. The van der Waals surface area contributed by atoms with Crippen molar-refractivity contribution in [1.82, 2.24) is 19.7 Å². The molecule has 2 aromatic heterocycles. The number of carbonyl (C=O) groups is 2. The Morgan fingerprint density at radius 2 is 1.87 bits per heavy atom. The second-order valence-electron chi connectivity index (χ2n) is 7.64. The highest BCUT2D eigenvalue weighted by molar-refractivity contribution is 7.93. The van der Waals surface area contributed by atoms with Crippen molar-refractivity contribution in [3.8, 4) is 22.6 Å². The van der Waals surface area contributed by atoms with Crippen molar-refractivity contribution in [3.63, 3.8) is 0 Å². The number of rotatable bonds is 10. The van der Waals surface area contributed by atoms with Gasteiger partial charge in [-0.25, -0.2) is 17.8 Å². The van der Waals surface area contributed by atoms with Crippen molar-refractivity contribution in [2.45, 2.75) is 11.3 Å². The highest BCUT2D eigenvalue weighted by atomic mass is 35.5. The topological polar surface area (TPSA) is 160 Å². The van der Waals surface area contributed by atoms with Gasteiger partial charge >= 0.3 is 5.97 Å². The van der Waals surface area contributed by atoms with Crippen LogP contribution in [0.15, 0.2) is 59.9 Å². The van der Waals surface area contributed by atoms with Gasteiger partial charge in [0.25, 0.3) is 15.9 Å². The van der Waals surface area contributed by atoms with Crippen LogP contribution in [0.3, 0.4) is 0 Å². The quantitative estimate of drug-likeness (QED) is 0.228. The lowest BCUT2D eigenvalue weighted by atomic mass is 10.0. The standard InChI is InChI=1S/C23H16Cl2FN5O6S2/c24-13-1-2-18(14(8-13)12-3-5-27-17(7-12)22(34)28-6-4-21(32)33)37-19-10-16(26)20(9-15(19)25)39(35,36)31-23-29-11-30-38-23/h1-3,5,7-11H,4,6H2,(H,28,34)(H,32,33)(H,29,30,31). The molecule has 16 heteroatoms. The summed E-state index contributed by atoms with van der Waals surface area (Å²) in [5.74, 6) is -2.82. The van der Waals surface area contributed by atoms with Gasteiger partial charge in [-0.1, -0.05) is 23.2 Å². The first kappa shape index (κ1) is 28.2. The van der Waals surface area contributed by atoms with Crippen LogP contribution in [-0.4, -0.2) is 46.3 Å². The van der Waals surface area contributed by atoms with Gasteiger partial charge in [-0.2, -0.15) is 4.37 Å². The molecule has 0 bridgehead atoms. The molecule has 0 unspecified atom stereocenters. The Morgan fingerprint density at radius 3 is 2.59 bits per heavy atom. The fourth-order valence-electron chi connectivity index (χ4n) is 3.21. The molecular weight excluding hydrogens is 596 g/mol. The van der Waals surface area contributed by atoms with E-state index < -0.39 is 32.6 Å². The Labute approximate surface area is 234 Å². The number of amides is 1. The molecule has 39 heavy (non-hydrogen) atoms. The maximum absolute atomic E-state index is 14.9. The van der Waals surface area contributed by atoms with Crippen molar-refractivity contribution >= 4 is 61.8 Å². The number of carboxylic acid groups (broad SMARTS) is 1. The number of nitrogens with zero attached hydrogens (tertiary/aromatic N) is 3. The summed E-state index contributed by atoms with van der Waals surface area (Å²) in [6, 6.07) is 9.26. The molecule has 11 nitrogen and oxygen atoms in total. The van der Waals surface area contributed by atoms with Crippen LogP contribution in [0.1, 0.15) is 16.9 Å². The van der Waals surface area contributed by atoms with E-state index in [9.17, 15) is 22.4 Å². The molecule has 0 aliphatic heterocycles.